The molecule has 0 aromatic rings. The van der Waals surface area contributed by atoms with Crippen LogP contribution in [0, 0.1) is 0 Å². The van der Waals surface area contributed by atoms with Gasteiger partial charge < -0.3 is 15.4 Å². The molecule has 0 radical (unpaired) electrons. The van der Waals surface area contributed by atoms with Gasteiger partial charge in [0.05, 0.1) is 0 Å². The fourth-order valence-electron chi connectivity index (χ4n) is 1.97. The Labute approximate surface area is 108 Å². The van der Waals surface area contributed by atoms with Gasteiger partial charge in [-0.05, 0) is 38.8 Å². The molecule has 104 valence electrons. The Morgan fingerprint density at radius 2 is 1.65 bits per heavy atom. The van der Waals surface area contributed by atoms with Gasteiger partial charge in [0, 0.05) is 26.3 Å². The van der Waals surface area contributed by atoms with E-state index in [1.165, 1.54) is 38.8 Å². The molecule has 0 fully saturated rings. The molecule has 0 aliphatic rings. The van der Waals surface area contributed by atoms with Crippen molar-refractivity contribution in [2.75, 3.05) is 33.4 Å². The highest BCUT2D eigenvalue weighted by atomic mass is 16.5. The molecule has 17 heavy (non-hydrogen) atoms. The molecule has 0 aromatic heterocycles. The maximum Gasteiger partial charge on any atom is 0.0462 e. The van der Waals surface area contributed by atoms with E-state index in [0.29, 0.717) is 6.04 Å². The molecule has 0 saturated heterocycles. The summed E-state index contributed by atoms with van der Waals surface area (Å²) in [6.45, 7) is 8.78. The maximum atomic E-state index is 6.16. The standard InChI is InChI=1S/C14H32N2O/c1-4-6-10-16(11-7-5-2)13-14(15)9-8-12-17-3/h14H,4-13,15H2,1-3H3. The Morgan fingerprint density at radius 3 is 2.12 bits per heavy atom. The van der Waals surface area contributed by atoms with Crippen molar-refractivity contribution in [3.05, 3.63) is 0 Å². The quantitative estimate of drug-likeness (QED) is 0.536. The van der Waals surface area contributed by atoms with Crippen LogP contribution in [0.3, 0.4) is 0 Å². The first-order valence-corrected chi connectivity index (χ1v) is 7.21. The third-order valence-electron chi connectivity index (χ3n) is 3.07. The topological polar surface area (TPSA) is 38.5 Å². The van der Waals surface area contributed by atoms with E-state index in [9.17, 15) is 0 Å². The third kappa shape index (κ3) is 10.7. The number of hydrogen-bond donors (Lipinski definition) is 1. The van der Waals surface area contributed by atoms with E-state index in [4.69, 9.17) is 10.5 Å². The van der Waals surface area contributed by atoms with Crippen molar-refractivity contribution in [1.82, 2.24) is 4.90 Å². The van der Waals surface area contributed by atoms with Crippen LogP contribution in [0.1, 0.15) is 52.4 Å². The Kier molecular flexibility index (Phi) is 12.3. The summed E-state index contributed by atoms with van der Waals surface area (Å²) in [6.07, 6.45) is 7.25. The molecule has 0 rings (SSSR count). The van der Waals surface area contributed by atoms with E-state index in [1.807, 2.05) is 0 Å². The molecule has 3 heteroatoms. The average molecular weight is 244 g/mol. The van der Waals surface area contributed by atoms with E-state index >= 15 is 0 Å². The predicted octanol–water partition coefficient (Wildman–Crippen LogP) is 2.64. The molecule has 0 aliphatic carbocycles. The van der Waals surface area contributed by atoms with E-state index in [1.54, 1.807) is 7.11 Å². The van der Waals surface area contributed by atoms with Gasteiger partial charge in [-0.2, -0.15) is 0 Å². The van der Waals surface area contributed by atoms with Crippen molar-refractivity contribution in [2.45, 2.75) is 58.4 Å². The number of unbranched alkanes of at least 4 members (excludes halogenated alkanes) is 2. The van der Waals surface area contributed by atoms with Crippen molar-refractivity contribution in [2.24, 2.45) is 5.73 Å². The lowest BCUT2D eigenvalue weighted by molar-refractivity contribution is 0.184. The largest absolute Gasteiger partial charge is 0.385 e. The molecule has 0 heterocycles. The fourth-order valence-corrected chi connectivity index (χ4v) is 1.97. The average Bonchev–Trinajstić information content (AvgIpc) is 2.33. The van der Waals surface area contributed by atoms with E-state index in [2.05, 4.69) is 18.7 Å². The minimum atomic E-state index is 0.305. The smallest absolute Gasteiger partial charge is 0.0462 e. The van der Waals surface area contributed by atoms with Crippen molar-refractivity contribution in [3.8, 4) is 0 Å². The maximum absolute atomic E-state index is 6.16. The van der Waals surface area contributed by atoms with Gasteiger partial charge in [0.25, 0.3) is 0 Å². The number of hydrogen-bond acceptors (Lipinski definition) is 3. The molecule has 0 amide bonds. The molecular formula is C14H32N2O. The minimum Gasteiger partial charge on any atom is -0.385 e. The van der Waals surface area contributed by atoms with Gasteiger partial charge in [0.2, 0.25) is 0 Å². The first kappa shape index (κ1) is 16.9. The van der Waals surface area contributed by atoms with Crippen LogP contribution in [0.5, 0.6) is 0 Å². The Bertz CT molecular complexity index is 145. The fraction of sp³-hybridized carbons (Fsp3) is 1.00. The van der Waals surface area contributed by atoms with Crippen LogP contribution < -0.4 is 5.73 Å². The highest BCUT2D eigenvalue weighted by Gasteiger charge is 2.09. The Balaban J connectivity index is 3.76. The number of nitrogens with two attached hydrogens (primary N) is 1. The highest BCUT2D eigenvalue weighted by Crippen LogP contribution is 2.03. The molecular weight excluding hydrogens is 212 g/mol. The van der Waals surface area contributed by atoms with Crippen LogP contribution in [0.25, 0.3) is 0 Å². The summed E-state index contributed by atoms with van der Waals surface area (Å²) >= 11 is 0. The number of rotatable bonds is 12. The second-order valence-corrected chi connectivity index (χ2v) is 4.90. The Hall–Kier alpha value is -0.120. The van der Waals surface area contributed by atoms with E-state index in [-0.39, 0.29) is 0 Å². The first-order chi connectivity index (χ1) is 8.24. The van der Waals surface area contributed by atoms with Gasteiger partial charge in [-0.15, -0.1) is 0 Å². The van der Waals surface area contributed by atoms with Crippen LogP contribution in [0.2, 0.25) is 0 Å². The third-order valence-corrected chi connectivity index (χ3v) is 3.07. The second-order valence-electron chi connectivity index (χ2n) is 4.90. The number of ether oxygens (including phenoxy) is 1. The van der Waals surface area contributed by atoms with Crippen LogP contribution in [-0.2, 0) is 4.74 Å². The van der Waals surface area contributed by atoms with Gasteiger partial charge >= 0.3 is 0 Å². The molecule has 2 N–H and O–H groups in total. The van der Waals surface area contributed by atoms with Crippen LogP contribution in [-0.4, -0.2) is 44.3 Å². The summed E-state index contributed by atoms with van der Waals surface area (Å²) in [5.41, 5.74) is 6.16. The first-order valence-electron chi connectivity index (χ1n) is 7.21. The SMILES string of the molecule is CCCCN(CCCC)CC(N)CCCOC. The Morgan fingerprint density at radius 1 is 1.06 bits per heavy atom. The van der Waals surface area contributed by atoms with Gasteiger partial charge in [0.15, 0.2) is 0 Å². The summed E-state index contributed by atoms with van der Waals surface area (Å²) in [4.78, 5) is 2.53. The molecule has 0 saturated carbocycles. The molecule has 3 nitrogen and oxygen atoms in total. The molecule has 0 spiro atoms. The lowest BCUT2D eigenvalue weighted by Crippen LogP contribution is -2.38. The normalized spacial score (nSPS) is 13.2. The molecule has 1 atom stereocenters. The lowest BCUT2D eigenvalue weighted by atomic mass is 10.1. The summed E-state index contributed by atoms with van der Waals surface area (Å²) in [7, 11) is 1.75. The van der Waals surface area contributed by atoms with Gasteiger partial charge in [-0.25, -0.2) is 0 Å². The van der Waals surface area contributed by atoms with Crippen molar-refractivity contribution >= 4 is 0 Å². The van der Waals surface area contributed by atoms with Crippen LogP contribution in [0.4, 0.5) is 0 Å². The molecule has 0 aliphatic heterocycles. The number of methoxy groups -OCH3 is 1. The van der Waals surface area contributed by atoms with Crippen LogP contribution in [0.15, 0.2) is 0 Å². The highest BCUT2D eigenvalue weighted by molar-refractivity contribution is 4.68. The van der Waals surface area contributed by atoms with E-state index in [0.717, 1.165) is 26.0 Å². The second kappa shape index (κ2) is 12.3. The molecule has 0 bridgehead atoms. The summed E-state index contributed by atoms with van der Waals surface area (Å²) < 4.78 is 5.06. The van der Waals surface area contributed by atoms with Crippen molar-refractivity contribution in [1.29, 1.82) is 0 Å². The van der Waals surface area contributed by atoms with Gasteiger partial charge in [-0.3, -0.25) is 0 Å². The van der Waals surface area contributed by atoms with Crippen molar-refractivity contribution < 1.29 is 4.74 Å². The monoisotopic (exact) mass is 244 g/mol. The zero-order chi connectivity index (χ0) is 12.9. The molecule has 0 aromatic carbocycles. The zero-order valence-corrected chi connectivity index (χ0v) is 12.1. The predicted molar refractivity (Wildman–Crippen MR) is 75.3 cm³/mol. The lowest BCUT2D eigenvalue weighted by Gasteiger charge is -2.25. The van der Waals surface area contributed by atoms with Crippen molar-refractivity contribution in [3.63, 3.8) is 0 Å². The van der Waals surface area contributed by atoms with Crippen LogP contribution >= 0.6 is 0 Å². The summed E-state index contributed by atoms with van der Waals surface area (Å²) in [6, 6.07) is 0.305. The number of nitrogens with zero attached hydrogens (tertiary/aromatic N) is 1. The van der Waals surface area contributed by atoms with E-state index < -0.39 is 0 Å². The zero-order valence-electron chi connectivity index (χ0n) is 12.1. The van der Waals surface area contributed by atoms with Gasteiger partial charge in [-0.1, -0.05) is 26.7 Å². The molecule has 1 unspecified atom stereocenters. The van der Waals surface area contributed by atoms with Gasteiger partial charge in [0.1, 0.15) is 0 Å². The summed E-state index contributed by atoms with van der Waals surface area (Å²) in [5, 5.41) is 0. The minimum absolute atomic E-state index is 0.305. The summed E-state index contributed by atoms with van der Waals surface area (Å²) in [5.74, 6) is 0.